The number of rotatable bonds is 3. The summed E-state index contributed by atoms with van der Waals surface area (Å²) in [7, 11) is 0. The van der Waals surface area contributed by atoms with Gasteiger partial charge >= 0.3 is 0 Å². The second-order valence-electron chi connectivity index (χ2n) is 4.13. The van der Waals surface area contributed by atoms with Gasteiger partial charge in [-0.3, -0.25) is 4.79 Å². The van der Waals surface area contributed by atoms with Crippen LogP contribution in [-0.2, 0) is 28.1 Å². The van der Waals surface area contributed by atoms with Crippen LogP contribution in [0.5, 0.6) is 0 Å². The molecule has 1 N–H and O–H groups in total. The fourth-order valence-corrected chi connectivity index (χ4v) is 1.68. The Hall–Kier alpha value is -1.52. The molecule has 0 aliphatic carbocycles. The van der Waals surface area contributed by atoms with E-state index in [1.54, 1.807) is 12.1 Å². The SMILES string of the molecule is CCc1ccc(C(=O)Nc2ccc(F)cc2F)cc1.[Ti]. The molecule has 1 amide bonds. The number of amides is 1. The van der Waals surface area contributed by atoms with Crippen LogP contribution in [0, 0.1) is 11.6 Å². The Morgan fingerprint density at radius 2 is 1.75 bits per heavy atom. The van der Waals surface area contributed by atoms with Crippen molar-refractivity contribution in [3.8, 4) is 0 Å². The Balaban J connectivity index is 0.00000200. The van der Waals surface area contributed by atoms with Crippen molar-refractivity contribution >= 4 is 11.6 Å². The molecule has 102 valence electrons. The summed E-state index contributed by atoms with van der Waals surface area (Å²) in [5.41, 5.74) is 1.51. The molecule has 20 heavy (non-hydrogen) atoms. The van der Waals surface area contributed by atoms with Crippen molar-refractivity contribution in [3.63, 3.8) is 0 Å². The minimum atomic E-state index is -0.793. The molecule has 0 fully saturated rings. The summed E-state index contributed by atoms with van der Waals surface area (Å²) in [5, 5.41) is 2.41. The number of anilines is 1. The Morgan fingerprint density at radius 1 is 1.10 bits per heavy atom. The van der Waals surface area contributed by atoms with E-state index in [0.29, 0.717) is 5.56 Å². The Kier molecular flexibility index (Phi) is 6.05. The number of aryl methyl sites for hydroxylation is 1. The van der Waals surface area contributed by atoms with Gasteiger partial charge in [-0.1, -0.05) is 19.1 Å². The van der Waals surface area contributed by atoms with Gasteiger partial charge in [0.2, 0.25) is 0 Å². The van der Waals surface area contributed by atoms with Crippen molar-refractivity contribution in [3.05, 3.63) is 65.2 Å². The number of hydrogen-bond acceptors (Lipinski definition) is 1. The summed E-state index contributed by atoms with van der Waals surface area (Å²) in [6.07, 6.45) is 0.883. The van der Waals surface area contributed by atoms with E-state index < -0.39 is 17.5 Å². The quantitative estimate of drug-likeness (QED) is 0.859. The number of hydrogen-bond donors (Lipinski definition) is 1. The van der Waals surface area contributed by atoms with E-state index in [-0.39, 0.29) is 27.4 Å². The fraction of sp³-hybridized carbons (Fsp3) is 0.133. The molecule has 0 saturated carbocycles. The van der Waals surface area contributed by atoms with Crippen LogP contribution in [0.3, 0.4) is 0 Å². The van der Waals surface area contributed by atoms with Crippen LogP contribution in [-0.4, -0.2) is 5.91 Å². The maximum Gasteiger partial charge on any atom is 0.255 e. The monoisotopic (exact) mass is 309 g/mol. The standard InChI is InChI=1S/C15H13F2NO.Ti/c1-2-10-3-5-11(6-4-10)15(19)18-14-8-7-12(16)9-13(14)17;/h3-9H,2H2,1H3,(H,18,19);. The molecule has 0 aromatic heterocycles. The molecule has 2 rings (SSSR count). The number of halogens is 2. The third kappa shape index (κ3) is 3.99. The molecule has 0 saturated heterocycles. The van der Waals surface area contributed by atoms with E-state index in [2.05, 4.69) is 5.32 Å². The van der Waals surface area contributed by atoms with E-state index in [0.717, 1.165) is 24.1 Å². The van der Waals surface area contributed by atoms with Gasteiger partial charge in [0.15, 0.2) is 0 Å². The third-order valence-corrected chi connectivity index (χ3v) is 2.80. The largest absolute Gasteiger partial charge is 0.319 e. The van der Waals surface area contributed by atoms with Gasteiger partial charge < -0.3 is 5.32 Å². The molecule has 0 heterocycles. The summed E-state index contributed by atoms with van der Waals surface area (Å²) in [6.45, 7) is 2.02. The van der Waals surface area contributed by atoms with Crippen LogP contribution in [0.2, 0.25) is 0 Å². The van der Waals surface area contributed by atoms with E-state index in [1.807, 2.05) is 19.1 Å². The Morgan fingerprint density at radius 3 is 2.30 bits per heavy atom. The molecule has 2 aromatic carbocycles. The van der Waals surface area contributed by atoms with Crippen molar-refractivity contribution in [2.75, 3.05) is 5.32 Å². The number of benzene rings is 2. The van der Waals surface area contributed by atoms with E-state index in [9.17, 15) is 13.6 Å². The average molecular weight is 309 g/mol. The first-order valence-corrected chi connectivity index (χ1v) is 5.95. The average Bonchev–Trinajstić information content (AvgIpc) is 2.42. The third-order valence-electron chi connectivity index (χ3n) is 2.80. The smallest absolute Gasteiger partial charge is 0.255 e. The van der Waals surface area contributed by atoms with E-state index in [4.69, 9.17) is 0 Å². The first kappa shape index (κ1) is 16.5. The number of nitrogens with one attached hydrogen (secondary N) is 1. The molecule has 0 aliphatic rings. The first-order chi connectivity index (χ1) is 9.10. The molecule has 0 aliphatic heterocycles. The Labute approximate surface area is 131 Å². The molecule has 0 radical (unpaired) electrons. The van der Waals surface area contributed by atoms with Gasteiger partial charge in [-0.25, -0.2) is 8.78 Å². The zero-order chi connectivity index (χ0) is 13.8. The molecule has 2 aromatic rings. The van der Waals surface area contributed by atoms with Gasteiger partial charge in [0, 0.05) is 33.3 Å². The van der Waals surface area contributed by atoms with Crippen molar-refractivity contribution in [1.82, 2.24) is 0 Å². The summed E-state index contributed by atoms with van der Waals surface area (Å²) >= 11 is 0. The van der Waals surface area contributed by atoms with Crippen LogP contribution in [0.25, 0.3) is 0 Å². The van der Waals surface area contributed by atoms with Gasteiger partial charge in [0.1, 0.15) is 11.6 Å². The zero-order valence-electron chi connectivity index (χ0n) is 10.9. The second kappa shape index (κ2) is 7.32. The van der Waals surface area contributed by atoms with Crippen LogP contribution < -0.4 is 5.32 Å². The van der Waals surface area contributed by atoms with E-state index in [1.165, 1.54) is 6.07 Å². The topological polar surface area (TPSA) is 29.1 Å². The van der Waals surface area contributed by atoms with Crippen molar-refractivity contribution < 1.29 is 35.3 Å². The molecule has 5 heteroatoms. The maximum absolute atomic E-state index is 13.4. The number of carbonyl (C=O) groups excluding carboxylic acids is 1. The molecular formula is C15H13F2NOTi. The van der Waals surface area contributed by atoms with Gasteiger partial charge in [0.05, 0.1) is 5.69 Å². The second-order valence-corrected chi connectivity index (χ2v) is 4.13. The Bertz CT molecular complexity index is 599. The number of carbonyl (C=O) groups is 1. The van der Waals surface area contributed by atoms with Gasteiger partial charge in [-0.05, 0) is 36.2 Å². The predicted molar refractivity (Wildman–Crippen MR) is 70.1 cm³/mol. The summed E-state index contributed by atoms with van der Waals surface area (Å²) in [6, 6.07) is 10.1. The zero-order valence-corrected chi connectivity index (χ0v) is 12.5. The van der Waals surface area contributed by atoms with Crippen molar-refractivity contribution in [1.29, 1.82) is 0 Å². The summed E-state index contributed by atoms with van der Waals surface area (Å²) < 4.78 is 26.1. The van der Waals surface area contributed by atoms with Crippen LogP contribution in [0.4, 0.5) is 14.5 Å². The summed E-state index contributed by atoms with van der Waals surface area (Å²) in [4.78, 5) is 11.9. The minimum Gasteiger partial charge on any atom is -0.319 e. The van der Waals surface area contributed by atoms with Gasteiger partial charge in [-0.2, -0.15) is 0 Å². The fourth-order valence-electron chi connectivity index (χ4n) is 1.68. The van der Waals surface area contributed by atoms with E-state index >= 15 is 0 Å². The maximum atomic E-state index is 13.4. The molecule has 0 unspecified atom stereocenters. The molecular weight excluding hydrogens is 296 g/mol. The van der Waals surface area contributed by atoms with Crippen LogP contribution >= 0.6 is 0 Å². The molecule has 2 nitrogen and oxygen atoms in total. The minimum absolute atomic E-state index is 0. The van der Waals surface area contributed by atoms with Crippen molar-refractivity contribution in [2.45, 2.75) is 13.3 Å². The van der Waals surface area contributed by atoms with Crippen LogP contribution in [0.15, 0.2) is 42.5 Å². The van der Waals surface area contributed by atoms with Crippen LogP contribution in [0.1, 0.15) is 22.8 Å². The molecule has 0 atom stereocenters. The predicted octanol–water partition coefficient (Wildman–Crippen LogP) is 3.78. The molecule has 0 bridgehead atoms. The summed E-state index contributed by atoms with van der Waals surface area (Å²) in [5.74, 6) is -1.89. The normalized spacial score (nSPS) is 9.75. The van der Waals surface area contributed by atoms with Gasteiger partial charge in [0.25, 0.3) is 5.91 Å². The van der Waals surface area contributed by atoms with Crippen molar-refractivity contribution in [2.24, 2.45) is 0 Å². The molecule has 0 spiro atoms. The van der Waals surface area contributed by atoms with Gasteiger partial charge in [-0.15, -0.1) is 0 Å². The first-order valence-electron chi connectivity index (χ1n) is 5.95.